The van der Waals surface area contributed by atoms with Gasteiger partial charge >= 0.3 is 5.69 Å². The molecule has 1 N–H and O–H groups in total. The molecule has 1 aliphatic heterocycles. The van der Waals surface area contributed by atoms with Gasteiger partial charge in [0.05, 0.1) is 11.7 Å². The minimum atomic E-state index is -0.615. The summed E-state index contributed by atoms with van der Waals surface area (Å²) in [6, 6.07) is 2.80. The summed E-state index contributed by atoms with van der Waals surface area (Å²) in [5, 5.41) is 0. The maximum Gasteiger partial charge on any atom is 0.328 e. The molecule has 0 unspecified atom stereocenters. The summed E-state index contributed by atoms with van der Waals surface area (Å²) in [4.78, 5) is 55.0. The van der Waals surface area contributed by atoms with Crippen LogP contribution in [0.3, 0.4) is 0 Å². The summed E-state index contributed by atoms with van der Waals surface area (Å²) in [5.74, 6) is 0.235. The SMILES string of the molecule is Cc1ncc(-c2ccncc2C)c([C@H]2CCCCN2C(=O)c2cc(=O)n(C)c(=O)[nH]2)n1. The Morgan fingerprint density at radius 3 is 2.71 bits per heavy atom. The molecule has 1 fully saturated rings. The lowest BCUT2D eigenvalue weighted by atomic mass is 9.92. The van der Waals surface area contributed by atoms with Crippen molar-refractivity contribution in [1.29, 1.82) is 0 Å². The number of carbonyl (C=O) groups excluding carboxylic acids is 1. The molecule has 0 aliphatic carbocycles. The van der Waals surface area contributed by atoms with Crippen molar-refractivity contribution in [2.75, 3.05) is 6.54 Å². The third-order valence-corrected chi connectivity index (χ3v) is 5.70. The summed E-state index contributed by atoms with van der Waals surface area (Å²) in [5.41, 5.74) is 2.42. The number of likely N-dealkylation sites (tertiary alicyclic amines) is 1. The number of carbonyl (C=O) groups is 1. The van der Waals surface area contributed by atoms with Crippen LogP contribution in [0.15, 0.2) is 40.3 Å². The number of hydrogen-bond donors (Lipinski definition) is 1. The summed E-state index contributed by atoms with van der Waals surface area (Å²) in [7, 11) is 1.37. The fourth-order valence-corrected chi connectivity index (χ4v) is 4.01. The van der Waals surface area contributed by atoms with E-state index in [1.165, 1.54) is 13.1 Å². The Morgan fingerprint density at radius 1 is 1.16 bits per heavy atom. The smallest absolute Gasteiger partial charge is 0.328 e. The van der Waals surface area contributed by atoms with E-state index in [2.05, 4.69) is 15.0 Å². The molecule has 9 nitrogen and oxygen atoms in total. The van der Waals surface area contributed by atoms with Gasteiger partial charge in [-0.3, -0.25) is 19.1 Å². The Morgan fingerprint density at radius 2 is 1.97 bits per heavy atom. The lowest BCUT2D eigenvalue weighted by Crippen LogP contribution is -2.42. The molecule has 0 saturated carbocycles. The molecular formula is C22H24N6O3. The van der Waals surface area contributed by atoms with Crippen LogP contribution in [0.25, 0.3) is 11.1 Å². The van der Waals surface area contributed by atoms with Gasteiger partial charge in [0.2, 0.25) is 0 Å². The van der Waals surface area contributed by atoms with Crippen LogP contribution in [0.2, 0.25) is 0 Å². The van der Waals surface area contributed by atoms with E-state index in [4.69, 9.17) is 4.98 Å². The molecule has 3 aromatic heterocycles. The monoisotopic (exact) mass is 420 g/mol. The molecular weight excluding hydrogens is 396 g/mol. The Hall–Kier alpha value is -3.62. The predicted molar refractivity (Wildman–Crippen MR) is 115 cm³/mol. The van der Waals surface area contributed by atoms with Crippen LogP contribution in [-0.2, 0) is 7.05 Å². The highest BCUT2D eigenvalue weighted by atomic mass is 16.2. The fraction of sp³-hybridized carbons (Fsp3) is 0.364. The van der Waals surface area contributed by atoms with Gasteiger partial charge in [0, 0.05) is 43.8 Å². The maximum absolute atomic E-state index is 13.4. The van der Waals surface area contributed by atoms with Crippen LogP contribution in [-0.4, -0.2) is 41.9 Å². The number of aryl methyl sites for hydroxylation is 2. The van der Waals surface area contributed by atoms with Gasteiger partial charge in [0.25, 0.3) is 11.5 Å². The summed E-state index contributed by atoms with van der Waals surface area (Å²) < 4.78 is 0.933. The van der Waals surface area contributed by atoms with E-state index in [0.717, 1.165) is 46.2 Å². The topological polar surface area (TPSA) is 114 Å². The van der Waals surface area contributed by atoms with Gasteiger partial charge in [0.15, 0.2) is 0 Å². The van der Waals surface area contributed by atoms with Crippen molar-refractivity contribution in [3.05, 3.63) is 74.3 Å². The van der Waals surface area contributed by atoms with E-state index < -0.39 is 11.2 Å². The first-order valence-corrected chi connectivity index (χ1v) is 10.2. The second-order valence-corrected chi connectivity index (χ2v) is 7.80. The van der Waals surface area contributed by atoms with Crippen molar-refractivity contribution in [1.82, 2.24) is 29.4 Å². The molecule has 0 aromatic carbocycles. The second kappa shape index (κ2) is 8.25. The van der Waals surface area contributed by atoms with E-state index in [1.54, 1.807) is 23.5 Å². The average molecular weight is 420 g/mol. The molecule has 9 heteroatoms. The van der Waals surface area contributed by atoms with Gasteiger partial charge < -0.3 is 9.88 Å². The number of aromatic nitrogens is 5. The fourth-order valence-electron chi connectivity index (χ4n) is 4.01. The molecule has 1 aliphatic rings. The molecule has 0 bridgehead atoms. The van der Waals surface area contributed by atoms with E-state index >= 15 is 0 Å². The third-order valence-electron chi connectivity index (χ3n) is 5.70. The molecule has 1 saturated heterocycles. The van der Waals surface area contributed by atoms with Crippen LogP contribution < -0.4 is 11.2 Å². The van der Waals surface area contributed by atoms with Gasteiger partial charge in [-0.15, -0.1) is 0 Å². The highest BCUT2D eigenvalue weighted by Gasteiger charge is 2.32. The van der Waals surface area contributed by atoms with Crippen LogP contribution in [0.1, 0.15) is 52.9 Å². The highest BCUT2D eigenvalue weighted by Crippen LogP contribution is 2.36. The van der Waals surface area contributed by atoms with Crippen LogP contribution in [0.4, 0.5) is 0 Å². The Bertz CT molecular complexity index is 1230. The molecule has 4 rings (SSSR count). The molecule has 1 atom stereocenters. The summed E-state index contributed by atoms with van der Waals surface area (Å²) >= 11 is 0. The predicted octanol–water partition coefficient (Wildman–Crippen LogP) is 1.91. The van der Waals surface area contributed by atoms with E-state index in [1.807, 2.05) is 19.9 Å². The van der Waals surface area contributed by atoms with Gasteiger partial charge in [-0.2, -0.15) is 0 Å². The van der Waals surface area contributed by atoms with Crippen molar-refractivity contribution in [2.24, 2.45) is 7.05 Å². The number of nitrogens with zero attached hydrogens (tertiary/aromatic N) is 5. The van der Waals surface area contributed by atoms with E-state index in [0.29, 0.717) is 12.4 Å². The number of aromatic amines is 1. The zero-order valence-electron chi connectivity index (χ0n) is 17.8. The van der Waals surface area contributed by atoms with Gasteiger partial charge in [-0.05, 0) is 50.3 Å². The number of nitrogens with one attached hydrogen (secondary N) is 1. The Balaban J connectivity index is 1.81. The van der Waals surface area contributed by atoms with Crippen molar-refractivity contribution < 1.29 is 4.79 Å². The number of pyridine rings is 1. The highest BCUT2D eigenvalue weighted by molar-refractivity contribution is 5.92. The van der Waals surface area contributed by atoms with E-state index in [-0.39, 0.29) is 17.6 Å². The zero-order valence-corrected chi connectivity index (χ0v) is 17.8. The lowest BCUT2D eigenvalue weighted by molar-refractivity contribution is 0.0599. The van der Waals surface area contributed by atoms with Crippen molar-refractivity contribution in [3.63, 3.8) is 0 Å². The molecule has 0 radical (unpaired) electrons. The second-order valence-electron chi connectivity index (χ2n) is 7.80. The third kappa shape index (κ3) is 3.90. The largest absolute Gasteiger partial charge is 0.329 e. The Labute approximate surface area is 178 Å². The standard InChI is InChI=1S/C22H24N6O3/c1-13-11-23-8-7-15(13)16-12-24-14(2)25-20(16)18-6-4-5-9-28(18)21(30)17-10-19(29)27(3)22(31)26-17/h7-8,10-12,18H,4-6,9H2,1-3H3,(H,26,31)/t18-/m1/s1. The number of hydrogen-bond acceptors (Lipinski definition) is 6. The summed E-state index contributed by atoms with van der Waals surface area (Å²) in [6.07, 6.45) is 7.81. The Kier molecular flexibility index (Phi) is 5.50. The number of piperidine rings is 1. The molecule has 0 spiro atoms. The van der Waals surface area contributed by atoms with Crippen molar-refractivity contribution in [2.45, 2.75) is 39.2 Å². The van der Waals surface area contributed by atoms with Gasteiger partial charge in [-0.1, -0.05) is 0 Å². The quantitative estimate of drug-likeness (QED) is 0.692. The van der Waals surface area contributed by atoms with Crippen molar-refractivity contribution >= 4 is 5.91 Å². The van der Waals surface area contributed by atoms with Gasteiger partial charge in [0.1, 0.15) is 11.5 Å². The maximum atomic E-state index is 13.4. The molecule has 31 heavy (non-hydrogen) atoms. The van der Waals surface area contributed by atoms with Crippen molar-refractivity contribution in [3.8, 4) is 11.1 Å². The molecule has 3 aromatic rings. The number of amides is 1. The first kappa shape index (κ1) is 20.6. The average Bonchev–Trinajstić information content (AvgIpc) is 2.77. The van der Waals surface area contributed by atoms with Crippen LogP contribution in [0, 0.1) is 13.8 Å². The van der Waals surface area contributed by atoms with Crippen LogP contribution >= 0.6 is 0 Å². The van der Waals surface area contributed by atoms with Gasteiger partial charge in [-0.25, -0.2) is 14.8 Å². The number of rotatable bonds is 3. The minimum Gasteiger partial charge on any atom is -0.329 e. The molecule has 4 heterocycles. The normalized spacial score (nSPS) is 16.4. The molecule has 160 valence electrons. The number of H-pyrrole nitrogens is 1. The lowest BCUT2D eigenvalue weighted by Gasteiger charge is -2.36. The summed E-state index contributed by atoms with van der Waals surface area (Å²) in [6.45, 7) is 4.30. The first-order valence-electron chi connectivity index (χ1n) is 10.2. The van der Waals surface area contributed by atoms with E-state index in [9.17, 15) is 14.4 Å². The van der Waals surface area contributed by atoms with Crippen LogP contribution in [0.5, 0.6) is 0 Å². The molecule has 1 amide bonds. The minimum absolute atomic E-state index is 0.00702. The zero-order chi connectivity index (χ0) is 22.1. The first-order chi connectivity index (χ1) is 14.9.